The molecule has 3 amide bonds. The van der Waals surface area contributed by atoms with Gasteiger partial charge >= 0.3 is 6.18 Å². The van der Waals surface area contributed by atoms with Gasteiger partial charge in [-0.3, -0.25) is 14.4 Å². The molecule has 1 aliphatic heterocycles. The van der Waals surface area contributed by atoms with Gasteiger partial charge in [-0.25, -0.2) is 0 Å². The van der Waals surface area contributed by atoms with E-state index < -0.39 is 42.1 Å². The van der Waals surface area contributed by atoms with Crippen LogP contribution in [0.3, 0.4) is 0 Å². The predicted molar refractivity (Wildman–Crippen MR) is 77.4 cm³/mol. The maximum Gasteiger partial charge on any atom is 0.416 e. The standard InChI is InChI=1S/C15H16F3N3O3/c16-15(17,18)9-4-2-1-3-8(9)7-11(13(19)23)21-14(24)10-5-6-12(22)20-10/h1-4,10-11H,5-7H2,(H2,19,23)(H,20,22)(H,21,24)/t10-,11+/m1/s1. The fraction of sp³-hybridized carbons (Fsp3) is 0.400. The number of alkyl halides is 3. The summed E-state index contributed by atoms with van der Waals surface area (Å²) in [7, 11) is 0. The Morgan fingerprint density at radius 2 is 2.00 bits per heavy atom. The Morgan fingerprint density at radius 3 is 2.54 bits per heavy atom. The minimum absolute atomic E-state index is 0.149. The van der Waals surface area contributed by atoms with E-state index in [2.05, 4.69) is 10.6 Å². The molecule has 24 heavy (non-hydrogen) atoms. The number of carbonyl (C=O) groups excluding carboxylic acids is 3. The van der Waals surface area contributed by atoms with Crippen molar-refractivity contribution in [3.63, 3.8) is 0 Å². The van der Waals surface area contributed by atoms with E-state index in [0.717, 1.165) is 6.07 Å². The molecule has 1 heterocycles. The maximum atomic E-state index is 13.0. The fourth-order valence-electron chi connectivity index (χ4n) is 2.50. The van der Waals surface area contributed by atoms with Crippen LogP contribution >= 0.6 is 0 Å². The van der Waals surface area contributed by atoms with Crippen LogP contribution in [-0.4, -0.2) is 29.8 Å². The van der Waals surface area contributed by atoms with Crippen LogP contribution in [0.5, 0.6) is 0 Å². The molecule has 0 bridgehead atoms. The molecule has 2 rings (SSSR count). The van der Waals surface area contributed by atoms with Gasteiger partial charge in [0.2, 0.25) is 17.7 Å². The normalized spacial score (nSPS) is 18.8. The summed E-state index contributed by atoms with van der Waals surface area (Å²) in [5.74, 6) is -1.90. The van der Waals surface area contributed by atoms with Crippen molar-refractivity contribution < 1.29 is 27.6 Å². The van der Waals surface area contributed by atoms with Crippen molar-refractivity contribution in [2.24, 2.45) is 5.73 Å². The molecular formula is C15H16F3N3O3. The molecule has 0 aromatic heterocycles. The average Bonchev–Trinajstić information content (AvgIpc) is 2.92. The first kappa shape index (κ1) is 17.8. The molecule has 0 radical (unpaired) electrons. The van der Waals surface area contributed by atoms with Crippen molar-refractivity contribution in [1.29, 1.82) is 0 Å². The van der Waals surface area contributed by atoms with Crippen LogP contribution in [0.2, 0.25) is 0 Å². The number of nitrogens with two attached hydrogens (primary N) is 1. The Labute approximate surface area is 135 Å². The van der Waals surface area contributed by atoms with Crippen LogP contribution < -0.4 is 16.4 Å². The Kier molecular flexibility index (Phi) is 5.10. The van der Waals surface area contributed by atoms with Crippen LogP contribution in [0.1, 0.15) is 24.0 Å². The van der Waals surface area contributed by atoms with Crippen molar-refractivity contribution in [2.45, 2.75) is 37.5 Å². The number of hydrogen-bond donors (Lipinski definition) is 3. The molecule has 1 saturated heterocycles. The molecule has 2 atom stereocenters. The zero-order valence-electron chi connectivity index (χ0n) is 12.5. The Bertz CT molecular complexity index is 661. The van der Waals surface area contributed by atoms with Gasteiger partial charge in [0.1, 0.15) is 12.1 Å². The van der Waals surface area contributed by atoms with E-state index in [-0.39, 0.29) is 24.3 Å². The highest BCUT2D eigenvalue weighted by Gasteiger charge is 2.35. The number of nitrogens with one attached hydrogen (secondary N) is 2. The third-order valence-electron chi connectivity index (χ3n) is 3.72. The quantitative estimate of drug-likeness (QED) is 0.725. The van der Waals surface area contributed by atoms with E-state index >= 15 is 0 Å². The van der Waals surface area contributed by atoms with Gasteiger partial charge in [-0.05, 0) is 18.1 Å². The summed E-state index contributed by atoms with van der Waals surface area (Å²) < 4.78 is 39.0. The molecule has 9 heteroatoms. The summed E-state index contributed by atoms with van der Waals surface area (Å²) in [6, 6.07) is 2.64. The van der Waals surface area contributed by atoms with Gasteiger partial charge in [0.15, 0.2) is 0 Å². The molecule has 0 unspecified atom stereocenters. The number of amides is 3. The van der Waals surface area contributed by atoms with E-state index in [9.17, 15) is 27.6 Å². The van der Waals surface area contributed by atoms with Crippen LogP contribution in [-0.2, 0) is 27.0 Å². The monoisotopic (exact) mass is 343 g/mol. The molecule has 0 spiro atoms. The molecule has 0 saturated carbocycles. The molecule has 1 aromatic rings. The zero-order chi connectivity index (χ0) is 17.9. The molecule has 1 aliphatic rings. The van der Waals surface area contributed by atoms with Crippen LogP contribution in [0.15, 0.2) is 24.3 Å². The Balaban J connectivity index is 2.14. The molecule has 6 nitrogen and oxygen atoms in total. The van der Waals surface area contributed by atoms with Crippen molar-refractivity contribution in [2.75, 3.05) is 0 Å². The van der Waals surface area contributed by atoms with Crippen molar-refractivity contribution >= 4 is 17.7 Å². The SMILES string of the molecule is NC(=O)[C@H](Cc1ccccc1C(F)(F)F)NC(=O)[C@H]1CCC(=O)N1. The summed E-state index contributed by atoms with van der Waals surface area (Å²) in [5, 5.41) is 4.72. The first-order chi connectivity index (χ1) is 11.2. The molecule has 0 aliphatic carbocycles. The lowest BCUT2D eigenvalue weighted by molar-refractivity contribution is -0.138. The summed E-state index contributed by atoms with van der Waals surface area (Å²) in [4.78, 5) is 34.7. The minimum atomic E-state index is -4.58. The number of hydrogen-bond acceptors (Lipinski definition) is 3. The van der Waals surface area contributed by atoms with Gasteiger partial charge in [0.05, 0.1) is 5.56 Å². The van der Waals surface area contributed by atoms with Crippen LogP contribution in [0, 0.1) is 0 Å². The second kappa shape index (κ2) is 6.90. The number of primary amides is 1. The van der Waals surface area contributed by atoms with Crippen molar-refractivity contribution in [3.05, 3.63) is 35.4 Å². The van der Waals surface area contributed by atoms with E-state index in [0.29, 0.717) is 0 Å². The molecule has 4 N–H and O–H groups in total. The van der Waals surface area contributed by atoms with Crippen molar-refractivity contribution in [1.82, 2.24) is 10.6 Å². The fourth-order valence-corrected chi connectivity index (χ4v) is 2.50. The number of benzene rings is 1. The first-order valence-electron chi connectivity index (χ1n) is 7.22. The highest BCUT2D eigenvalue weighted by molar-refractivity contribution is 5.93. The van der Waals surface area contributed by atoms with Crippen molar-refractivity contribution in [3.8, 4) is 0 Å². The average molecular weight is 343 g/mol. The topological polar surface area (TPSA) is 101 Å². The third-order valence-corrected chi connectivity index (χ3v) is 3.72. The van der Waals surface area contributed by atoms with Gasteiger partial charge in [0, 0.05) is 12.8 Å². The largest absolute Gasteiger partial charge is 0.416 e. The molecule has 1 aromatic carbocycles. The van der Waals surface area contributed by atoms with Crippen LogP contribution in [0.4, 0.5) is 13.2 Å². The molecular weight excluding hydrogens is 327 g/mol. The Morgan fingerprint density at radius 1 is 1.33 bits per heavy atom. The molecule has 1 fully saturated rings. The van der Waals surface area contributed by atoms with E-state index in [1.54, 1.807) is 0 Å². The van der Waals surface area contributed by atoms with E-state index in [1.807, 2.05) is 0 Å². The van der Waals surface area contributed by atoms with Crippen LogP contribution in [0.25, 0.3) is 0 Å². The number of rotatable bonds is 5. The predicted octanol–water partition coefficient (Wildman–Crippen LogP) is 0.497. The minimum Gasteiger partial charge on any atom is -0.368 e. The van der Waals surface area contributed by atoms with Gasteiger partial charge in [-0.15, -0.1) is 0 Å². The highest BCUT2D eigenvalue weighted by atomic mass is 19.4. The number of carbonyl (C=O) groups is 3. The summed E-state index contributed by atoms with van der Waals surface area (Å²) >= 11 is 0. The van der Waals surface area contributed by atoms with Gasteiger partial charge in [0.25, 0.3) is 0 Å². The lowest BCUT2D eigenvalue weighted by Gasteiger charge is -2.20. The summed E-state index contributed by atoms with van der Waals surface area (Å²) in [6.07, 6.45) is -4.54. The van der Waals surface area contributed by atoms with Gasteiger partial charge in [-0.2, -0.15) is 13.2 Å². The lowest BCUT2D eigenvalue weighted by atomic mass is 9.99. The number of halogens is 3. The maximum absolute atomic E-state index is 13.0. The van der Waals surface area contributed by atoms with E-state index in [1.165, 1.54) is 18.2 Å². The second-order valence-electron chi connectivity index (χ2n) is 5.48. The zero-order valence-corrected chi connectivity index (χ0v) is 12.5. The van der Waals surface area contributed by atoms with Gasteiger partial charge < -0.3 is 16.4 Å². The molecule has 130 valence electrons. The first-order valence-corrected chi connectivity index (χ1v) is 7.22. The van der Waals surface area contributed by atoms with E-state index in [4.69, 9.17) is 5.73 Å². The highest BCUT2D eigenvalue weighted by Crippen LogP contribution is 2.32. The second-order valence-corrected chi connectivity index (χ2v) is 5.48. The summed E-state index contributed by atoms with van der Waals surface area (Å²) in [5.41, 5.74) is 4.16. The lowest BCUT2D eigenvalue weighted by Crippen LogP contribution is -2.51. The third kappa shape index (κ3) is 4.24. The van der Waals surface area contributed by atoms with Gasteiger partial charge in [-0.1, -0.05) is 18.2 Å². The summed E-state index contributed by atoms with van der Waals surface area (Å²) in [6.45, 7) is 0. The smallest absolute Gasteiger partial charge is 0.368 e. The Hall–Kier alpha value is -2.58.